The number of carbonyl (C=O) groups excluding carboxylic acids is 1. The number of anilines is 1. The molecule has 0 aliphatic carbocycles. The van der Waals surface area contributed by atoms with Crippen molar-refractivity contribution in [1.29, 1.82) is 0 Å². The Morgan fingerprint density at radius 1 is 1.17 bits per heavy atom. The average molecular weight is 411 g/mol. The largest absolute Gasteiger partial charge is 0.573 e. The van der Waals surface area contributed by atoms with Gasteiger partial charge in [-0.15, -0.1) is 23.4 Å². The van der Waals surface area contributed by atoms with Gasteiger partial charge in [0, 0.05) is 24.5 Å². The summed E-state index contributed by atoms with van der Waals surface area (Å²) < 4.78 is 55.7. The third-order valence-corrected chi connectivity index (χ3v) is 3.43. The van der Waals surface area contributed by atoms with Gasteiger partial charge in [-0.3, -0.25) is 9.36 Å². The molecule has 2 N–H and O–H groups in total. The van der Waals surface area contributed by atoms with Crippen LogP contribution in [0.3, 0.4) is 0 Å². The SMILES string of the molecule is O=C(Nc1cc(F)c(OC(F)(F)F)cc1C(=O)O)c1ccc(-n2ccnc2)nn1. The number of hydrogen-bond donors (Lipinski definition) is 2. The second kappa shape index (κ2) is 7.53. The first kappa shape index (κ1) is 19.7. The van der Waals surface area contributed by atoms with Crippen molar-refractivity contribution in [2.24, 2.45) is 0 Å². The zero-order valence-corrected chi connectivity index (χ0v) is 14.0. The predicted octanol–water partition coefficient (Wildman–Crippen LogP) is 2.65. The molecule has 3 rings (SSSR count). The summed E-state index contributed by atoms with van der Waals surface area (Å²) in [6.07, 6.45) is -0.711. The van der Waals surface area contributed by atoms with E-state index in [2.05, 4.69) is 25.2 Å². The van der Waals surface area contributed by atoms with Gasteiger partial charge in [-0.25, -0.2) is 14.2 Å². The number of nitrogens with one attached hydrogen (secondary N) is 1. The Morgan fingerprint density at radius 3 is 2.48 bits per heavy atom. The van der Waals surface area contributed by atoms with Gasteiger partial charge < -0.3 is 15.2 Å². The molecule has 0 unspecified atom stereocenters. The van der Waals surface area contributed by atoms with E-state index in [0.717, 1.165) is 0 Å². The van der Waals surface area contributed by atoms with Crippen molar-refractivity contribution in [3.05, 3.63) is 60.1 Å². The van der Waals surface area contributed by atoms with Crippen LogP contribution < -0.4 is 10.1 Å². The van der Waals surface area contributed by atoms with E-state index in [4.69, 9.17) is 5.11 Å². The topological polar surface area (TPSA) is 119 Å². The smallest absolute Gasteiger partial charge is 0.478 e. The van der Waals surface area contributed by atoms with E-state index in [0.29, 0.717) is 18.0 Å². The maximum atomic E-state index is 13.9. The molecule has 13 heteroatoms. The minimum Gasteiger partial charge on any atom is -0.478 e. The lowest BCUT2D eigenvalue weighted by molar-refractivity contribution is -0.275. The molecule has 0 aliphatic heterocycles. The number of hydrogen-bond acceptors (Lipinski definition) is 6. The summed E-state index contributed by atoms with van der Waals surface area (Å²) in [5, 5.41) is 18.7. The summed E-state index contributed by atoms with van der Waals surface area (Å²) in [5.41, 5.74) is -1.65. The van der Waals surface area contributed by atoms with Crippen LogP contribution in [-0.4, -0.2) is 43.1 Å². The molecule has 0 radical (unpaired) electrons. The number of rotatable bonds is 5. The molecular weight excluding hydrogens is 402 g/mol. The van der Waals surface area contributed by atoms with Gasteiger partial charge in [0.15, 0.2) is 23.1 Å². The highest BCUT2D eigenvalue weighted by Gasteiger charge is 2.33. The molecule has 1 amide bonds. The van der Waals surface area contributed by atoms with Crippen LogP contribution in [0.25, 0.3) is 5.82 Å². The molecule has 0 spiro atoms. The second-order valence-electron chi connectivity index (χ2n) is 5.38. The maximum absolute atomic E-state index is 13.9. The van der Waals surface area contributed by atoms with Crippen molar-refractivity contribution in [1.82, 2.24) is 19.7 Å². The number of imidazole rings is 1. The van der Waals surface area contributed by atoms with Gasteiger partial charge in [0.1, 0.15) is 6.33 Å². The molecule has 0 saturated heterocycles. The fourth-order valence-corrected chi connectivity index (χ4v) is 2.20. The quantitative estimate of drug-likeness (QED) is 0.620. The van der Waals surface area contributed by atoms with Crippen molar-refractivity contribution in [3.63, 3.8) is 0 Å². The number of carboxylic acid groups (broad SMARTS) is 1. The molecule has 0 atom stereocenters. The van der Waals surface area contributed by atoms with Crippen molar-refractivity contribution in [3.8, 4) is 11.6 Å². The van der Waals surface area contributed by atoms with Gasteiger partial charge in [0.05, 0.1) is 11.3 Å². The molecule has 0 saturated carbocycles. The minimum absolute atomic E-state index is 0.249. The highest BCUT2D eigenvalue weighted by atomic mass is 19.4. The zero-order valence-electron chi connectivity index (χ0n) is 14.0. The lowest BCUT2D eigenvalue weighted by Gasteiger charge is -2.13. The van der Waals surface area contributed by atoms with Crippen LogP contribution in [0.1, 0.15) is 20.8 Å². The molecule has 3 aromatic rings. The van der Waals surface area contributed by atoms with Crippen LogP contribution in [0, 0.1) is 5.82 Å². The van der Waals surface area contributed by atoms with E-state index in [-0.39, 0.29) is 5.69 Å². The predicted molar refractivity (Wildman–Crippen MR) is 87.1 cm³/mol. The first-order chi connectivity index (χ1) is 13.6. The molecule has 150 valence electrons. The number of amides is 1. The summed E-state index contributed by atoms with van der Waals surface area (Å²) in [5.74, 6) is -5.21. The molecular formula is C16H9F4N5O4. The van der Waals surface area contributed by atoms with Gasteiger partial charge in [-0.1, -0.05) is 0 Å². The fraction of sp³-hybridized carbons (Fsp3) is 0.0625. The summed E-state index contributed by atoms with van der Waals surface area (Å²) in [6, 6.07) is 3.39. The van der Waals surface area contributed by atoms with Gasteiger partial charge in [-0.05, 0) is 12.1 Å². The van der Waals surface area contributed by atoms with Crippen LogP contribution in [0.5, 0.6) is 5.75 Å². The van der Waals surface area contributed by atoms with Gasteiger partial charge >= 0.3 is 12.3 Å². The Labute approximate surface area is 158 Å². The molecule has 2 heterocycles. The number of benzene rings is 1. The number of aromatic carboxylic acids is 1. The molecule has 0 aliphatic rings. The molecule has 9 nitrogen and oxygen atoms in total. The van der Waals surface area contributed by atoms with Crippen LogP contribution in [0.4, 0.5) is 23.2 Å². The Kier molecular flexibility index (Phi) is 5.12. The Balaban J connectivity index is 1.86. The number of ether oxygens (including phenoxy) is 1. The van der Waals surface area contributed by atoms with Crippen molar-refractivity contribution >= 4 is 17.6 Å². The Hall–Kier alpha value is -4.03. The molecule has 29 heavy (non-hydrogen) atoms. The summed E-state index contributed by atoms with van der Waals surface area (Å²) >= 11 is 0. The van der Waals surface area contributed by atoms with Gasteiger partial charge in [0.2, 0.25) is 0 Å². The van der Waals surface area contributed by atoms with E-state index in [9.17, 15) is 27.2 Å². The van der Waals surface area contributed by atoms with Crippen LogP contribution in [0.2, 0.25) is 0 Å². The first-order valence-corrected chi connectivity index (χ1v) is 7.60. The van der Waals surface area contributed by atoms with E-state index < -0.39 is 41.1 Å². The minimum atomic E-state index is -5.23. The van der Waals surface area contributed by atoms with Gasteiger partial charge in [-0.2, -0.15) is 0 Å². The van der Waals surface area contributed by atoms with Crippen molar-refractivity contribution in [2.45, 2.75) is 6.36 Å². The van der Waals surface area contributed by atoms with Crippen LogP contribution in [-0.2, 0) is 0 Å². The van der Waals surface area contributed by atoms with E-state index >= 15 is 0 Å². The molecule has 0 bridgehead atoms. The molecule has 1 aromatic carbocycles. The van der Waals surface area contributed by atoms with Crippen molar-refractivity contribution in [2.75, 3.05) is 5.32 Å². The van der Waals surface area contributed by atoms with E-state index in [1.807, 2.05) is 0 Å². The first-order valence-electron chi connectivity index (χ1n) is 7.60. The molecule has 2 aromatic heterocycles. The number of aromatic nitrogens is 4. The standard InChI is InChI=1S/C16H9F4N5O4/c17-9-6-11(8(15(27)28)5-12(9)29-16(18,19)20)22-14(26)10-1-2-13(24-23-10)25-4-3-21-7-25/h1-7H,(H,22,26)(H,27,28). The Bertz CT molecular complexity index is 1050. The number of alkyl halides is 3. The third kappa shape index (κ3) is 4.63. The lowest BCUT2D eigenvalue weighted by atomic mass is 10.1. The van der Waals surface area contributed by atoms with Crippen LogP contribution in [0.15, 0.2) is 43.0 Å². The number of carboxylic acids is 1. The van der Waals surface area contributed by atoms with E-state index in [1.54, 1.807) is 6.20 Å². The molecule has 0 fully saturated rings. The Morgan fingerprint density at radius 2 is 1.93 bits per heavy atom. The monoisotopic (exact) mass is 411 g/mol. The lowest BCUT2D eigenvalue weighted by Crippen LogP contribution is -2.20. The van der Waals surface area contributed by atoms with Crippen molar-refractivity contribution < 1.29 is 37.0 Å². The number of carbonyl (C=O) groups is 2. The summed E-state index contributed by atoms with van der Waals surface area (Å²) in [4.78, 5) is 27.4. The summed E-state index contributed by atoms with van der Waals surface area (Å²) in [7, 11) is 0. The van der Waals surface area contributed by atoms with Gasteiger partial charge in [0.25, 0.3) is 5.91 Å². The maximum Gasteiger partial charge on any atom is 0.573 e. The highest BCUT2D eigenvalue weighted by Crippen LogP contribution is 2.30. The average Bonchev–Trinajstić information content (AvgIpc) is 3.17. The van der Waals surface area contributed by atoms with E-state index in [1.165, 1.54) is 29.2 Å². The zero-order chi connectivity index (χ0) is 21.2. The third-order valence-electron chi connectivity index (χ3n) is 3.43. The second-order valence-corrected chi connectivity index (χ2v) is 5.38. The van der Waals surface area contributed by atoms with Crippen LogP contribution >= 0.6 is 0 Å². The normalized spacial score (nSPS) is 11.2. The fourth-order valence-electron chi connectivity index (χ4n) is 2.20. The number of halogens is 4. The number of nitrogens with zero attached hydrogens (tertiary/aromatic N) is 4. The summed E-state index contributed by atoms with van der Waals surface area (Å²) in [6.45, 7) is 0. The highest BCUT2D eigenvalue weighted by molar-refractivity contribution is 6.06.